The van der Waals surface area contributed by atoms with Crippen molar-refractivity contribution in [2.75, 3.05) is 23.1 Å². The lowest BCUT2D eigenvalue weighted by atomic mass is 10.2. The topological polar surface area (TPSA) is 66.5 Å². The lowest BCUT2D eigenvalue weighted by Crippen LogP contribution is -2.41. The standard InChI is InChI=1S/C23H23ClN2O3S2/c24-20-13-11-19(12-14-20)18-30-16-15-25-23(27)17-26(21-7-3-1-4-8-21)31(28,29)22-9-5-2-6-10-22/h1-14H,15-18H2,(H,25,27). The molecule has 0 aromatic heterocycles. The number of benzene rings is 3. The van der Waals surface area contributed by atoms with Crippen molar-refractivity contribution in [3.8, 4) is 0 Å². The number of thioether (sulfide) groups is 1. The maximum Gasteiger partial charge on any atom is 0.264 e. The fourth-order valence-corrected chi connectivity index (χ4v) is 5.24. The quantitative estimate of drug-likeness (QED) is 0.436. The van der Waals surface area contributed by atoms with Crippen LogP contribution in [0.1, 0.15) is 5.56 Å². The number of carbonyl (C=O) groups is 1. The number of hydrogen-bond acceptors (Lipinski definition) is 4. The van der Waals surface area contributed by atoms with Gasteiger partial charge in [-0.2, -0.15) is 11.8 Å². The van der Waals surface area contributed by atoms with Gasteiger partial charge in [0.1, 0.15) is 6.54 Å². The number of rotatable bonds is 10. The first-order chi connectivity index (χ1) is 15.0. The fraction of sp³-hybridized carbons (Fsp3) is 0.174. The van der Waals surface area contributed by atoms with Crippen molar-refractivity contribution < 1.29 is 13.2 Å². The highest BCUT2D eigenvalue weighted by Crippen LogP contribution is 2.23. The van der Waals surface area contributed by atoms with Crippen molar-refractivity contribution in [2.24, 2.45) is 0 Å². The third kappa shape index (κ3) is 6.75. The molecule has 1 amide bonds. The van der Waals surface area contributed by atoms with Crippen molar-refractivity contribution in [1.82, 2.24) is 5.32 Å². The summed E-state index contributed by atoms with van der Waals surface area (Å²) >= 11 is 7.57. The van der Waals surface area contributed by atoms with Gasteiger partial charge in [0.25, 0.3) is 10.0 Å². The third-order valence-electron chi connectivity index (χ3n) is 4.41. The Morgan fingerprint density at radius 3 is 2.16 bits per heavy atom. The Kier molecular flexibility index (Phi) is 8.40. The smallest absolute Gasteiger partial charge is 0.264 e. The fourth-order valence-electron chi connectivity index (χ4n) is 2.85. The lowest BCUT2D eigenvalue weighted by Gasteiger charge is -2.24. The minimum Gasteiger partial charge on any atom is -0.354 e. The third-order valence-corrected chi connectivity index (χ3v) is 7.48. The van der Waals surface area contributed by atoms with Gasteiger partial charge in [-0.1, -0.05) is 60.1 Å². The highest BCUT2D eigenvalue weighted by Gasteiger charge is 2.26. The first kappa shape index (κ1) is 23.2. The molecule has 0 heterocycles. The van der Waals surface area contributed by atoms with Crippen LogP contribution < -0.4 is 9.62 Å². The van der Waals surface area contributed by atoms with Crippen LogP contribution in [-0.2, 0) is 20.6 Å². The molecule has 0 unspecified atom stereocenters. The monoisotopic (exact) mass is 474 g/mol. The normalized spacial score (nSPS) is 11.1. The number of halogens is 1. The molecule has 0 atom stereocenters. The van der Waals surface area contributed by atoms with Crippen LogP contribution in [0.5, 0.6) is 0 Å². The van der Waals surface area contributed by atoms with E-state index in [1.165, 1.54) is 12.1 Å². The summed E-state index contributed by atoms with van der Waals surface area (Å²) in [5.74, 6) is 1.17. The van der Waals surface area contributed by atoms with Gasteiger partial charge in [0.15, 0.2) is 0 Å². The largest absolute Gasteiger partial charge is 0.354 e. The van der Waals surface area contributed by atoms with E-state index >= 15 is 0 Å². The summed E-state index contributed by atoms with van der Waals surface area (Å²) < 4.78 is 27.5. The van der Waals surface area contributed by atoms with Gasteiger partial charge in [0.05, 0.1) is 10.6 Å². The summed E-state index contributed by atoms with van der Waals surface area (Å²) in [6, 6.07) is 24.4. The summed E-state index contributed by atoms with van der Waals surface area (Å²) in [5.41, 5.74) is 1.60. The number of nitrogens with zero attached hydrogens (tertiary/aromatic N) is 1. The highest BCUT2D eigenvalue weighted by atomic mass is 35.5. The van der Waals surface area contributed by atoms with Crippen molar-refractivity contribution in [3.05, 3.63) is 95.5 Å². The summed E-state index contributed by atoms with van der Waals surface area (Å²) in [6.45, 7) is 0.161. The van der Waals surface area contributed by atoms with Gasteiger partial charge in [-0.15, -0.1) is 0 Å². The molecule has 1 N–H and O–H groups in total. The van der Waals surface area contributed by atoms with E-state index < -0.39 is 10.0 Å². The van der Waals surface area contributed by atoms with Crippen LogP contribution in [0.3, 0.4) is 0 Å². The zero-order valence-electron chi connectivity index (χ0n) is 16.8. The second-order valence-electron chi connectivity index (χ2n) is 6.69. The van der Waals surface area contributed by atoms with Crippen LogP contribution >= 0.6 is 23.4 Å². The average molecular weight is 475 g/mol. The van der Waals surface area contributed by atoms with Gasteiger partial charge in [-0.05, 0) is 42.0 Å². The molecule has 3 rings (SSSR count). The molecule has 5 nitrogen and oxygen atoms in total. The van der Waals surface area contributed by atoms with E-state index in [9.17, 15) is 13.2 Å². The first-order valence-electron chi connectivity index (χ1n) is 9.68. The number of anilines is 1. The van der Waals surface area contributed by atoms with Gasteiger partial charge < -0.3 is 5.32 Å². The number of nitrogens with one attached hydrogen (secondary N) is 1. The summed E-state index contributed by atoms with van der Waals surface area (Å²) in [5, 5.41) is 3.52. The van der Waals surface area contributed by atoms with E-state index in [0.29, 0.717) is 23.0 Å². The minimum absolute atomic E-state index is 0.144. The van der Waals surface area contributed by atoms with E-state index in [0.717, 1.165) is 15.6 Å². The maximum atomic E-state index is 13.2. The second kappa shape index (κ2) is 11.2. The van der Waals surface area contributed by atoms with Crippen molar-refractivity contribution >= 4 is 45.0 Å². The van der Waals surface area contributed by atoms with E-state index in [1.807, 2.05) is 24.3 Å². The van der Waals surface area contributed by atoms with E-state index in [1.54, 1.807) is 60.3 Å². The van der Waals surface area contributed by atoms with E-state index in [4.69, 9.17) is 11.6 Å². The molecule has 0 saturated carbocycles. The molecule has 31 heavy (non-hydrogen) atoms. The van der Waals surface area contributed by atoms with Crippen molar-refractivity contribution in [2.45, 2.75) is 10.6 Å². The molecule has 3 aromatic rings. The van der Waals surface area contributed by atoms with Crippen LogP contribution in [0.2, 0.25) is 5.02 Å². The molecule has 0 saturated heterocycles. The van der Waals surface area contributed by atoms with Gasteiger partial charge in [0, 0.05) is 23.1 Å². The second-order valence-corrected chi connectivity index (χ2v) is 10.1. The molecule has 162 valence electrons. The highest BCUT2D eigenvalue weighted by molar-refractivity contribution is 7.98. The number of amides is 1. The molecule has 3 aromatic carbocycles. The SMILES string of the molecule is O=C(CN(c1ccccc1)S(=O)(=O)c1ccccc1)NCCSCc1ccc(Cl)cc1. The Labute approximate surface area is 192 Å². The molecular weight excluding hydrogens is 452 g/mol. The zero-order chi connectivity index (χ0) is 22.1. The summed E-state index contributed by atoms with van der Waals surface area (Å²) in [4.78, 5) is 12.7. The molecule has 0 spiro atoms. The van der Waals surface area contributed by atoms with Crippen molar-refractivity contribution in [1.29, 1.82) is 0 Å². The Morgan fingerprint density at radius 1 is 0.903 bits per heavy atom. The predicted molar refractivity (Wildman–Crippen MR) is 128 cm³/mol. The molecule has 0 fully saturated rings. The van der Waals surface area contributed by atoms with Crippen LogP contribution in [0, 0.1) is 0 Å². The minimum atomic E-state index is -3.87. The van der Waals surface area contributed by atoms with Crippen LogP contribution in [0.25, 0.3) is 0 Å². The lowest BCUT2D eigenvalue weighted by molar-refractivity contribution is -0.119. The number of hydrogen-bond donors (Lipinski definition) is 1. The molecule has 0 aliphatic heterocycles. The van der Waals surface area contributed by atoms with Crippen LogP contribution in [0.4, 0.5) is 5.69 Å². The van der Waals surface area contributed by atoms with Crippen LogP contribution in [-0.4, -0.2) is 33.2 Å². The zero-order valence-corrected chi connectivity index (χ0v) is 19.2. The molecular formula is C23H23ClN2O3S2. The molecule has 8 heteroatoms. The molecule has 0 aliphatic rings. The summed E-state index contributed by atoms with van der Waals surface area (Å²) in [6.07, 6.45) is 0. The van der Waals surface area contributed by atoms with Crippen molar-refractivity contribution in [3.63, 3.8) is 0 Å². The van der Waals surface area contributed by atoms with Gasteiger partial charge in [-0.25, -0.2) is 8.42 Å². The van der Waals surface area contributed by atoms with Gasteiger partial charge in [0.2, 0.25) is 5.91 Å². The van der Waals surface area contributed by atoms with Gasteiger partial charge in [-0.3, -0.25) is 9.10 Å². The Morgan fingerprint density at radius 2 is 1.52 bits per heavy atom. The predicted octanol–water partition coefficient (Wildman–Crippen LogP) is 4.58. The Hall–Kier alpha value is -2.48. The molecule has 0 aliphatic carbocycles. The summed E-state index contributed by atoms with van der Waals surface area (Å²) in [7, 11) is -3.87. The van der Waals surface area contributed by atoms with E-state index in [2.05, 4.69) is 5.32 Å². The number of para-hydroxylation sites is 1. The molecule has 0 radical (unpaired) electrons. The van der Waals surface area contributed by atoms with E-state index in [-0.39, 0.29) is 17.3 Å². The average Bonchev–Trinajstić information content (AvgIpc) is 2.79. The Bertz CT molecular complexity index is 1080. The Balaban J connectivity index is 1.58. The molecule has 0 bridgehead atoms. The van der Waals surface area contributed by atoms with Crippen LogP contribution in [0.15, 0.2) is 89.8 Å². The van der Waals surface area contributed by atoms with Gasteiger partial charge >= 0.3 is 0 Å². The number of sulfonamides is 1. The first-order valence-corrected chi connectivity index (χ1v) is 12.7. The number of carbonyl (C=O) groups excluding carboxylic acids is 1. The maximum absolute atomic E-state index is 13.2.